The highest BCUT2D eigenvalue weighted by molar-refractivity contribution is 4.70. The first-order chi connectivity index (χ1) is 6.02. The molecule has 0 aromatic carbocycles. The summed E-state index contributed by atoms with van der Waals surface area (Å²) in [5.41, 5.74) is 5.98. The number of hydrogen-bond donors (Lipinski definition) is 1. The molecule has 2 N–H and O–H groups in total. The summed E-state index contributed by atoms with van der Waals surface area (Å²) in [5.74, 6) is 0. The minimum Gasteiger partial charge on any atom is -0.330 e. The summed E-state index contributed by atoms with van der Waals surface area (Å²) in [5, 5.41) is 0. The van der Waals surface area contributed by atoms with Gasteiger partial charge in [0, 0.05) is 0 Å². The van der Waals surface area contributed by atoms with Crippen molar-refractivity contribution in [2.75, 3.05) is 26.7 Å². The van der Waals surface area contributed by atoms with Crippen molar-refractivity contribution in [1.82, 2.24) is 4.90 Å². The first-order valence-electron chi connectivity index (χ1n) is 5.40. The maximum absolute atomic E-state index is 5.67. The zero-order chi connectivity index (χ0) is 10.3. The highest BCUT2D eigenvalue weighted by Crippen LogP contribution is 2.18. The topological polar surface area (TPSA) is 29.3 Å². The van der Waals surface area contributed by atoms with Crippen LogP contribution in [0.3, 0.4) is 0 Å². The molecule has 0 saturated carbocycles. The van der Waals surface area contributed by atoms with Gasteiger partial charge in [0.2, 0.25) is 0 Å². The molecule has 2 heteroatoms. The molecule has 0 spiro atoms. The molecule has 0 amide bonds. The molecule has 80 valence electrons. The van der Waals surface area contributed by atoms with Gasteiger partial charge in [-0.25, -0.2) is 0 Å². The van der Waals surface area contributed by atoms with E-state index in [-0.39, 0.29) is 0 Å². The van der Waals surface area contributed by atoms with Gasteiger partial charge < -0.3 is 10.6 Å². The average molecular weight is 186 g/mol. The molecule has 0 unspecified atom stereocenters. The Hall–Kier alpha value is -0.0800. The molecular formula is C11H26N2. The smallest absolute Gasteiger partial charge is 0.00162 e. The second-order valence-corrected chi connectivity index (χ2v) is 4.78. The van der Waals surface area contributed by atoms with Crippen LogP contribution in [0.2, 0.25) is 0 Å². The largest absolute Gasteiger partial charge is 0.330 e. The maximum Gasteiger partial charge on any atom is -0.00162 e. The molecular weight excluding hydrogens is 160 g/mol. The Morgan fingerprint density at radius 1 is 1.23 bits per heavy atom. The summed E-state index contributed by atoms with van der Waals surface area (Å²) >= 11 is 0. The minimum atomic E-state index is 0.306. The van der Waals surface area contributed by atoms with Crippen LogP contribution in [0.1, 0.15) is 40.0 Å². The first kappa shape index (κ1) is 12.9. The monoisotopic (exact) mass is 186 g/mol. The van der Waals surface area contributed by atoms with Crippen molar-refractivity contribution in [3.8, 4) is 0 Å². The quantitative estimate of drug-likeness (QED) is 0.659. The lowest BCUT2D eigenvalue weighted by atomic mass is 9.89. The van der Waals surface area contributed by atoms with E-state index in [4.69, 9.17) is 5.73 Å². The standard InChI is InChI=1S/C11H26N2/c1-5-6-8-13(4)9-7-11(2,3)10-12/h5-10,12H2,1-4H3. The van der Waals surface area contributed by atoms with Gasteiger partial charge in [0.05, 0.1) is 0 Å². The Labute approximate surface area is 83.5 Å². The molecule has 0 atom stereocenters. The van der Waals surface area contributed by atoms with Gasteiger partial charge in [-0.15, -0.1) is 0 Å². The van der Waals surface area contributed by atoms with Crippen molar-refractivity contribution >= 4 is 0 Å². The Kier molecular flexibility index (Phi) is 6.35. The lowest BCUT2D eigenvalue weighted by Crippen LogP contribution is -2.30. The van der Waals surface area contributed by atoms with Crippen LogP contribution < -0.4 is 5.73 Å². The second kappa shape index (κ2) is 6.39. The van der Waals surface area contributed by atoms with Crippen LogP contribution in [0.5, 0.6) is 0 Å². The van der Waals surface area contributed by atoms with E-state index >= 15 is 0 Å². The SMILES string of the molecule is CCCCN(C)CCC(C)(C)CN. The normalized spacial score (nSPS) is 12.5. The van der Waals surface area contributed by atoms with E-state index in [9.17, 15) is 0 Å². The molecule has 13 heavy (non-hydrogen) atoms. The summed E-state index contributed by atoms with van der Waals surface area (Å²) in [4.78, 5) is 2.40. The summed E-state index contributed by atoms with van der Waals surface area (Å²) in [7, 11) is 2.20. The van der Waals surface area contributed by atoms with Gasteiger partial charge in [-0.2, -0.15) is 0 Å². The Morgan fingerprint density at radius 3 is 2.31 bits per heavy atom. The number of nitrogens with two attached hydrogens (primary N) is 1. The van der Waals surface area contributed by atoms with E-state index < -0.39 is 0 Å². The van der Waals surface area contributed by atoms with E-state index in [1.807, 2.05) is 0 Å². The van der Waals surface area contributed by atoms with Gasteiger partial charge in [-0.1, -0.05) is 27.2 Å². The third-order valence-corrected chi connectivity index (χ3v) is 2.62. The van der Waals surface area contributed by atoms with Crippen LogP contribution in [-0.4, -0.2) is 31.6 Å². The van der Waals surface area contributed by atoms with Crippen molar-refractivity contribution < 1.29 is 0 Å². The number of hydrogen-bond acceptors (Lipinski definition) is 2. The highest BCUT2D eigenvalue weighted by Gasteiger charge is 2.15. The van der Waals surface area contributed by atoms with Crippen LogP contribution in [0.25, 0.3) is 0 Å². The molecule has 0 bridgehead atoms. The van der Waals surface area contributed by atoms with Gasteiger partial charge >= 0.3 is 0 Å². The Morgan fingerprint density at radius 2 is 1.85 bits per heavy atom. The Balaban J connectivity index is 3.51. The molecule has 0 fully saturated rings. The van der Waals surface area contributed by atoms with Crippen LogP contribution in [0.4, 0.5) is 0 Å². The van der Waals surface area contributed by atoms with Crippen molar-refractivity contribution in [2.24, 2.45) is 11.1 Å². The predicted octanol–water partition coefficient (Wildman–Crippen LogP) is 2.09. The Bertz CT molecular complexity index is 121. The van der Waals surface area contributed by atoms with Gasteiger partial charge in [0.15, 0.2) is 0 Å². The van der Waals surface area contributed by atoms with Crippen molar-refractivity contribution in [1.29, 1.82) is 0 Å². The number of nitrogens with zero attached hydrogens (tertiary/aromatic N) is 1. The molecule has 0 aromatic heterocycles. The van der Waals surface area contributed by atoms with E-state index in [2.05, 4.69) is 32.7 Å². The van der Waals surface area contributed by atoms with E-state index in [1.165, 1.54) is 32.4 Å². The van der Waals surface area contributed by atoms with Crippen molar-refractivity contribution in [2.45, 2.75) is 40.0 Å². The molecule has 0 saturated heterocycles. The molecule has 0 aliphatic carbocycles. The van der Waals surface area contributed by atoms with Crippen LogP contribution in [0, 0.1) is 5.41 Å². The van der Waals surface area contributed by atoms with Gasteiger partial charge in [-0.3, -0.25) is 0 Å². The van der Waals surface area contributed by atoms with E-state index in [0.29, 0.717) is 5.41 Å². The van der Waals surface area contributed by atoms with Crippen molar-refractivity contribution in [3.63, 3.8) is 0 Å². The molecule has 0 aliphatic heterocycles. The van der Waals surface area contributed by atoms with Crippen LogP contribution >= 0.6 is 0 Å². The molecule has 0 aliphatic rings. The first-order valence-corrected chi connectivity index (χ1v) is 5.40. The third-order valence-electron chi connectivity index (χ3n) is 2.62. The average Bonchev–Trinajstić information content (AvgIpc) is 2.11. The molecule has 2 nitrogen and oxygen atoms in total. The fourth-order valence-electron chi connectivity index (χ4n) is 1.14. The lowest BCUT2D eigenvalue weighted by Gasteiger charge is -2.25. The molecule has 0 heterocycles. The van der Waals surface area contributed by atoms with Crippen molar-refractivity contribution in [3.05, 3.63) is 0 Å². The number of unbranched alkanes of at least 4 members (excludes halogenated alkanes) is 1. The fraction of sp³-hybridized carbons (Fsp3) is 1.00. The van der Waals surface area contributed by atoms with Crippen LogP contribution in [-0.2, 0) is 0 Å². The van der Waals surface area contributed by atoms with Gasteiger partial charge in [0.1, 0.15) is 0 Å². The number of rotatable bonds is 7. The minimum absolute atomic E-state index is 0.306. The maximum atomic E-state index is 5.67. The zero-order valence-corrected chi connectivity index (χ0v) is 9.77. The summed E-state index contributed by atoms with van der Waals surface area (Å²) in [6.45, 7) is 9.88. The van der Waals surface area contributed by atoms with E-state index in [1.54, 1.807) is 0 Å². The molecule has 0 radical (unpaired) electrons. The van der Waals surface area contributed by atoms with Gasteiger partial charge in [0.25, 0.3) is 0 Å². The van der Waals surface area contributed by atoms with Gasteiger partial charge in [-0.05, 0) is 44.9 Å². The zero-order valence-electron chi connectivity index (χ0n) is 9.77. The summed E-state index contributed by atoms with van der Waals surface area (Å²) in [6.07, 6.45) is 3.79. The summed E-state index contributed by atoms with van der Waals surface area (Å²) in [6, 6.07) is 0. The highest BCUT2D eigenvalue weighted by atomic mass is 15.1. The molecule has 0 rings (SSSR count). The molecule has 0 aromatic rings. The predicted molar refractivity (Wildman–Crippen MR) is 59.9 cm³/mol. The summed E-state index contributed by atoms with van der Waals surface area (Å²) < 4.78 is 0. The lowest BCUT2D eigenvalue weighted by molar-refractivity contribution is 0.251. The second-order valence-electron chi connectivity index (χ2n) is 4.78. The van der Waals surface area contributed by atoms with Crippen LogP contribution in [0.15, 0.2) is 0 Å². The van der Waals surface area contributed by atoms with E-state index in [0.717, 1.165) is 6.54 Å². The fourth-order valence-corrected chi connectivity index (χ4v) is 1.14. The third kappa shape index (κ3) is 7.03.